The molecule has 4 aromatic rings. The molecule has 2 atom stereocenters. The molecule has 12 heteroatoms. The number of carbonyl (C=O) groups is 4. The fourth-order valence-corrected chi connectivity index (χ4v) is 5.42. The minimum absolute atomic E-state index is 0.0245. The van der Waals surface area contributed by atoms with Gasteiger partial charge in [0.05, 0.1) is 59.1 Å². The Morgan fingerprint density at radius 3 is 1.53 bits per heavy atom. The Labute approximate surface area is 334 Å². The monoisotopic (exact) mass is 782 g/mol. The zero-order valence-electron chi connectivity index (χ0n) is 33.9. The molecule has 0 fully saturated rings. The second-order valence-electron chi connectivity index (χ2n) is 14.7. The van der Waals surface area contributed by atoms with Gasteiger partial charge in [-0.25, -0.2) is 9.59 Å². The van der Waals surface area contributed by atoms with E-state index in [0.717, 1.165) is 12.8 Å². The van der Waals surface area contributed by atoms with Gasteiger partial charge in [0.25, 0.3) is 11.8 Å². The molecule has 12 nitrogen and oxygen atoms in total. The number of ether oxygens (including phenoxy) is 4. The zero-order chi connectivity index (χ0) is 41.8. The van der Waals surface area contributed by atoms with E-state index in [1.54, 1.807) is 50.2 Å². The molecule has 4 aromatic carbocycles. The minimum atomic E-state index is -1.12. The molecule has 0 saturated carbocycles. The van der Waals surface area contributed by atoms with Crippen LogP contribution < -0.4 is 29.6 Å². The largest absolute Gasteiger partial charge is 0.493 e. The topological polar surface area (TPSA) is 170 Å². The van der Waals surface area contributed by atoms with Crippen LogP contribution in [0.25, 0.3) is 11.1 Å². The number of hydrogen-bond donors (Lipinski definition) is 4. The summed E-state index contributed by atoms with van der Waals surface area (Å²) in [6, 6.07) is 19.0. The van der Waals surface area contributed by atoms with Crippen molar-refractivity contribution in [2.45, 2.75) is 86.9 Å². The van der Waals surface area contributed by atoms with Crippen LogP contribution in [-0.2, 0) is 0 Å². The van der Waals surface area contributed by atoms with Crippen molar-refractivity contribution in [2.24, 2.45) is 11.8 Å². The summed E-state index contributed by atoms with van der Waals surface area (Å²) in [6.45, 7) is 16.4. The summed E-state index contributed by atoms with van der Waals surface area (Å²) in [6.07, 6.45) is 1.78. The minimum Gasteiger partial charge on any atom is -0.493 e. The molecular formula is C45H54N2O10. The van der Waals surface area contributed by atoms with E-state index in [1.807, 2.05) is 13.8 Å². The molecule has 4 rings (SSSR count). The summed E-state index contributed by atoms with van der Waals surface area (Å²) in [7, 11) is 0. The highest BCUT2D eigenvalue weighted by Gasteiger charge is 2.22. The molecule has 0 saturated heterocycles. The molecule has 2 amide bonds. The van der Waals surface area contributed by atoms with Crippen molar-refractivity contribution >= 4 is 35.1 Å². The van der Waals surface area contributed by atoms with E-state index >= 15 is 0 Å². The fourth-order valence-electron chi connectivity index (χ4n) is 5.42. The summed E-state index contributed by atoms with van der Waals surface area (Å²) in [5.74, 6) is -1.49. The van der Waals surface area contributed by atoms with Gasteiger partial charge in [0.1, 0.15) is 23.0 Å². The number of benzene rings is 4. The van der Waals surface area contributed by atoms with Crippen LogP contribution in [0.2, 0.25) is 0 Å². The van der Waals surface area contributed by atoms with E-state index in [0.29, 0.717) is 59.6 Å². The van der Waals surface area contributed by atoms with Crippen LogP contribution in [0.5, 0.6) is 23.0 Å². The predicted molar refractivity (Wildman–Crippen MR) is 221 cm³/mol. The molecule has 4 N–H and O–H groups in total. The lowest BCUT2D eigenvalue weighted by Crippen LogP contribution is -2.18. The lowest BCUT2D eigenvalue weighted by molar-refractivity contribution is 0.0685. The normalized spacial score (nSPS) is 12.1. The number of carbonyl (C=O) groups excluding carboxylic acids is 2. The van der Waals surface area contributed by atoms with Gasteiger partial charge in [-0.15, -0.1) is 0 Å². The predicted octanol–water partition coefficient (Wildman–Crippen LogP) is 10.1. The standard InChI is InChI=1S/C45H54N2O10/c1-9-28(7)25-55-39-22-31(12-16-35(39)43(49)47-37-18-14-33(45(52)53)24-41(37)57-29(8)10-2)30-11-15-34(38(21-30)54-20-19-26(3)4)42(48)46-36-17-13-32(44(50)51)23-40(36)56-27(5)6/h11-18,21-24,26-29H,9-10,19-20,25H2,1-8H3,(H,46,48)(H,47,49)(H,50,51)(H,52,53). The average Bonchev–Trinajstić information content (AvgIpc) is 3.17. The number of aromatic carboxylic acids is 2. The molecule has 0 aliphatic carbocycles. The summed E-state index contributed by atoms with van der Waals surface area (Å²) in [5, 5.41) is 24.8. The SMILES string of the molecule is CCC(C)COc1cc(-c2ccc(C(=O)Nc3ccc(C(=O)O)cc3OC(C)C)c(OCCC(C)C)c2)ccc1C(=O)Nc1ccc(C(=O)O)cc1OC(C)CC. The highest BCUT2D eigenvalue weighted by Crippen LogP contribution is 2.35. The Kier molecular flexibility index (Phi) is 15.5. The van der Waals surface area contributed by atoms with Crippen LogP contribution in [0.3, 0.4) is 0 Å². The van der Waals surface area contributed by atoms with Gasteiger partial charge in [0, 0.05) is 0 Å². The first-order chi connectivity index (χ1) is 27.1. The fraction of sp³-hybridized carbons (Fsp3) is 0.378. The summed E-state index contributed by atoms with van der Waals surface area (Å²) >= 11 is 0. The third-order valence-electron chi connectivity index (χ3n) is 9.18. The number of hydrogen-bond acceptors (Lipinski definition) is 8. The molecule has 2 unspecified atom stereocenters. The summed E-state index contributed by atoms with van der Waals surface area (Å²) in [5.41, 5.74) is 2.61. The number of carboxylic acids is 2. The van der Waals surface area contributed by atoms with Gasteiger partial charge >= 0.3 is 11.9 Å². The number of anilines is 2. The number of rotatable bonds is 20. The van der Waals surface area contributed by atoms with E-state index in [2.05, 4.69) is 38.3 Å². The highest BCUT2D eigenvalue weighted by molar-refractivity contribution is 6.09. The van der Waals surface area contributed by atoms with Crippen LogP contribution in [0, 0.1) is 11.8 Å². The van der Waals surface area contributed by atoms with E-state index < -0.39 is 23.8 Å². The third-order valence-corrected chi connectivity index (χ3v) is 9.18. The van der Waals surface area contributed by atoms with Crippen LogP contribution in [0.15, 0.2) is 72.8 Å². The van der Waals surface area contributed by atoms with Crippen molar-refractivity contribution in [3.05, 3.63) is 95.1 Å². The third kappa shape index (κ3) is 12.2. The van der Waals surface area contributed by atoms with Gasteiger partial charge in [-0.3, -0.25) is 9.59 Å². The molecule has 0 spiro atoms. The molecule has 0 bridgehead atoms. The first kappa shape index (κ1) is 43.7. The summed E-state index contributed by atoms with van der Waals surface area (Å²) < 4.78 is 24.3. The number of carboxylic acid groups (broad SMARTS) is 2. The quantitative estimate of drug-likeness (QED) is 0.0677. The Morgan fingerprint density at radius 2 is 1.09 bits per heavy atom. The second-order valence-corrected chi connectivity index (χ2v) is 14.7. The van der Waals surface area contributed by atoms with Crippen molar-refractivity contribution in [2.75, 3.05) is 23.8 Å². The maximum Gasteiger partial charge on any atom is 0.335 e. The van der Waals surface area contributed by atoms with Gasteiger partial charge in [-0.2, -0.15) is 0 Å². The van der Waals surface area contributed by atoms with Crippen molar-refractivity contribution in [1.82, 2.24) is 0 Å². The molecular weight excluding hydrogens is 728 g/mol. The molecule has 57 heavy (non-hydrogen) atoms. The van der Waals surface area contributed by atoms with Gasteiger partial charge in [-0.05, 0) is 117 Å². The first-order valence-electron chi connectivity index (χ1n) is 19.3. The maximum absolute atomic E-state index is 13.9. The average molecular weight is 783 g/mol. The van der Waals surface area contributed by atoms with Crippen molar-refractivity contribution < 1.29 is 48.3 Å². The highest BCUT2D eigenvalue weighted by atomic mass is 16.5. The van der Waals surface area contributed by atoms with Crippen LogP contribution in [-0.4, -0.2) is 59.4 Å². The molecule has 0 aliphatic heterocycles. The van der Waals surface area contributed by atoms with Crippen LogP contribution >= 0.6 is 0 Å². The number of amides is 2. The first-order valence-corrected chi connectivity index (χ1v) is 19.3. The Morgan fingerprint density at radius 1 is 0.596 bits per heavy atom. The smallest absolute Gasteiger partial charge is 0.335 e. The molecule has 0 radical (unpaired) electrons. The van der Waals surface area contributed by atoms with E-state index in [1.165, 1.54) is 36.4 Å². The Balaban J connectivity index is 1.72. The molecule has 0 aromatic heterocycles. The number of nitrogens with one attached hydrogen (secondary N) is 2. The molecule has 304 valence electrons. The van der Waals surface area contributed by atoms with E-state index in [-0.39, 0.29) is 51.9 Å². The lowest BCUT2D eigenvalue weighted by Gasteiger charge is -2.19. The van der Waals surface area contributed by atoms with Gasteiger partial charge in [0.2, 0.25) is 0 Å². The van der Waals surface area contributed by atoms with Crippen LogP contribution in [0.4, 0.5) is 11.4 Å². The van der Waals surface area contributed by atoms with Crippen molar-refractivity contribution in [3.63, 3.8) is 0 Å². The Bertz CT molecular complexity index is 2060. The van der Waals surface area contributed by atoms with Crippen LogP contribution in [0.1, 0.15) is 116 Å². The molecule has 0 heterocycles. The zero-order valence-corrected chi connectivity index (χ0v) is 33.9. The van der Waals surface area contributed by atoms with Crippen molar-refractivity contribution in [1.29, 1.82) is 0 Å². The Hall–Kier alpha value is -6.04. The van der Waals surface area contributed by atoms with E-state index in [9.17, 15) is 29.4 Å². The second kappa shape index (κ2) is 20.2. The lowest BCUT2D eigenvalue weighted by atomic mass is 10.00. The van der Waals surface area contributed by atoms with Gasteiger partial charge < -0.3 is 39.8 Å². The summed E-state index contributed by atoms with van der Waals surface area (Å²) in [4.78, 5) is 51.1. The van der Waals surface area contributed by atoms with Crippen molar-refractivity contribution in [3.8, 4) is 34.1 Å². The maximum atomic E-state index is 13.9. The van der Waals surface area contributed by atoms with Gasteiger partial charge in [0.15, 0.2) is 0 Å². The van der Waals surface area contributed by atoms with E-state index in [4.69, 9.17) is 18.9 Å². The molecule has 0 aliphatic rings. The van der Waals surface area contributed by atoms with Gasteiger partial charge in [-0.1, -0.05) is 53.2 Å².